The molecular formula is C13H13BrClN3. The van der Waals surface area contributed by atoms with Crippen molar-refractivity contribution in [3.05, 3.63) is 44.8 Å². The van der Waals surface area contributed by atoms with Crippen LogP contribution in [0.15, 0.2) is 22.7 Å². The Labute approximate surface area is 120 Å². The summed E-state index contributed by atoms with van der Waals surface area (Å²) in [5, 5.41) is 3.57. The van der Waals surface area contributed by atoms with Crippen LogP contribution in [-0.4, -0.2) is 9.97 Å². The first-order valence-corrected chi connectivity index (χ1v) is 6.68. The Bertz CT molecular complexity index is 599. The first-order chi connectivity index (χ1) is 8.47. The van der Waals surface area contributed by atoms with Crippen LogP contribution in [-0.2, 0) is 0 Å². The van der Waals surface area contributed by atoms with E-state index in [9.17, 15) is 0 Å². The third-order valence-corrected chi connectivity index (χ3v) is 3.84. The molecule has 0 radical (unpaired) electrons. The van der Waals surface area contributed by atoms with Crippen molar-refractivity contribution in [2.24, 2.45) is 0 Å². The van der Waals surface area contributed by atoms with E-state index in [-0.39, 0.29) is 0 Å². The van der Waals surface area contributed by atoms with Crippen molar-refractivity contribution in [2.75, 3.05) is 5.32 Å². The van der Waals surface area contributed by atoms with Gasteiger partial charge < -0.3 is 5.32 Å². The first-order valence-electron chi connectivity index (χ1n) is 5.51. The third kappa shape index (κ3) is 2.82. The van der Waals surface area contributed by atoms with E-state index in [1.54, 1.807) is 0 Å². The van der Waals surface area contributed by atoms with E-state index >= 15 is 0 Å². The quantitative estimate of drug-likeness (QED) is 0.879. The Morgan fingerprint density at radius 3 is 2.44 bits per heavy atom. The van der Waals surface area contributed by atoms with E-state index in [4.69, 9.17) is 11.6 Å². The lowest BCUT2D eigenvalue weighted by Crippen LogP contribution is -2.00. The number of anilines is 2. The van der Waals surface area contributed by atoms with Crippen molar-refractivity contribution in [2.45, 2.75) is 20.8 Å². The molecule has 0 aliphatic rings. The lowest BCUT2D eigenvalue weighted by Gasteiger charge is -2.10. The molecule has 0 aliphatic heterocycles. The van der Waals surface area contributed by atoms with Gasteiger partial charge >= 0.3 is 0 Å². The summed E-state index contributed by atoms with van der Waals surface area (Å²) >= 11 is 9.55. The summed E-state index contributed by atoms with van der Waals surface area (Å²) in [6.45, 7) is 5.83. The molecule has 94 valence electrons. The highest BCUT2D eigenvalue weighted by atomic mass is 79.9. The summed E-state index contributed by atoms with van der Waals surface area (Å²) in [5.74, 6) is 0.585. The molecule has 3 nitrogen and oxygen atoms in total. The predicted molar refractivity (Wildman–Crippen MR) is 78.7 cm³/mol. The Morgan fingerprint density at radius 1 is 1.11 bits per heavy atom. The van der Waals surface area contributed by atoms with Crippen LogP contribution in [0.5, 0.6) is 0 Å². The number of hydrogen-bond donors (Lipinski definition) is 1. The van der Waals surface area contributed by atoms with Gasteiger partial charge in [-0.05, 0) is 44.5 Å². The number of hydrogen-bond acceptors (Lipinski definition) is 3. The zero-order valence-electron chi connectivity index (χ0n) is 10.4. The summed E-state index contributed by atoms with van der Waals surface area (Å²) in [4.78, 5) is 8.64. The van der Waals surface area contributed by atoms with Gasteiger partial charge in [0.2, 0.25) is 0 Å². The summed E-state index contributed by atoms with van der Waals surface area (Å²) < 4.78 is 1.07. The zero-order chi connectivity index (χ0) is 13.3. The molecular weight excluding hydrogens is 314 g/mol. The predicted octanol–water partition coefficient (Wildman–Crippen LogP) is 4.56. The molecule has 0 fully saturated rings. The SMILES string of the molecule is Cc1cc(Nc2nc(C)c(C)nc2Cl)ccc1Br. The van der Waals surface area contributed by atoms with Gasteiger partial charge in [0, 0.05) is 10.2 Å². The van der Waals surface area contributed by atoms with Crippen LogP contribution in [0.25, 0.3) is 0 Å². The average molecular weight is 327 g/mol. The highest BCUT2D eigenvalue weighted by Crippen LogP contribution is 2.25. The smallest absolute Gasteiger partial charge is 0.172 e. The topological polar surface area (TPSA) is 37.8 Å². The maximum atomic E-state index is 6.08. The maximum absolute atomic E-state index is 6.08. The molecule has 1 N–H and O–H groups in total. The van der Waals surface area contributed by atoms with Crippen molar-refractivity contribution < 1.29 is 0 Å². The van der Waals surface area contributed by atoms with E-state index in [0.29, 0.717) is 11.0 Å². The first kappa shape index (κ1) is 13.3. The number of nitrogens with one attached hydrogen (secondary N) is 1. The molecule has 0 bridgehead atoms. The van der Waals surface area contributed by atoms with Gasteiger partial charge in [0.05, 0.1) is 11.4 Å². The van der Waals surface area contributed by atoms with Gasteiger partial charge in [-0.25, -0.2) is 9.97 Å². The van der Waals surface area contributed by atoms with Gasteiger partial charge in [-0.1, -0.05) is 27.5 Å². The summed E-state index contributed by atoms with van der Waals surface area (Å²) in [7, 11) is 0. The number of benzene rings is 1. The number of aromatic nitrogens is 2. The molecule has 2 rings (SSSR count). The molecule has 0 atom stereocenters. The molecule has 0 aliphatic carbocycles. The van der Waals surface area contributed by atoms with Crippen LogP contribution in [0.1, 0.15) is 17.0 Å². The van der Waals surface area contributed by atoms with Crippen molar-refractivity contribution >= 4 is 39.0 Å². The van der Waals surface area contributed by atoms with Crippen molar-refractivity contribution in [3.63, 3.8) is 0 Å². The molecule has 0 unspecified atom stereocenters. The largest absolute Gasteiger partial charge is 0.338 e. The summed E-state index contributed by atoms with van der Waals surface area (Å²) in [6, 6.07) is 5.97. The molecule has 0 saturated carbocycles. The molecule has 2 aromatic rings. The Hall–Kier alpha value is -1.13. The highest BCUT2D eigenvalue weighted by molar-refractivity contribution is 9.10. The second-order valence-electron chi connectivity index (χ2n) is 4.12. The molecule has 0 spiro atoms. The third-order valence-electron chi connectivity index (χ3n) is 2.69. The maximum Gasteiger partial charge on any atom is 0.172 e. The number of rotatable bonds is 2. The minimum atomic E-state index is 0.388. The molecule has 1 aromatic heterocycles. The normalized spacial score (nSPS) is 10.5. The fourth-order valence-electron chi connectivity index (χ4n) is 1.51. The Balaban J connectivity index is 2.34. The average Bonchev–Trinajstić information content (AvgIpc) is 2.31. The van der Waals surface area contributed by atoms with Crippen LogP contribution in [0.2, 0.25) is 5.15 Å². The molecule has 5 heteroatoms. The molecule has 1 aromatic carbocycles. The second kappa shape index (κ2) is 5.24. The zero-order valence-corrected chi connectivity index (χ0v) is 12.7. The molecule has 0 saturated heterocycles. The second-order valence-corrected chi connectivity index (χ2v) is 5.34. The fraction of sp³-hybridized carbons (Fsp3) is 0.231. The minimum absolute atomic E-state index is 0.388. The minimum Gasteiger partial charge on any atom is -0.338 e. The molecule has 18 heavy (non-hydrogen) atoms. The lowest BCUT2D eigenvalue weighted by molar-refractivity contribution is 1.05. The highest BCUT2D eigenvalue weighted by Gasteiger charge is 2.07. The van der Waals surface area contributed by atoms with E-state index in [2.05, 4.69) is 31.2 Å². The van der Waals surface area contributed by atoms with Gasteiger partial charge in [0.1, 0.15) is 0 Å². The van der Waals surface area contributed by atoms with Crippen molar-refractivity contribution in [3.8, 4) is 0 Å². The standard InChI is InChI=1S/C13H13BrClN3/c1-7-6-10(4-5-11(7)14)18-13-12(15)16-8(2)9(3)17-13/h4-6H,1-3H3,(H,17,18). The van der Waals surface area contributed by atoms with E-state index in [1.165, 1.54) is 0 Å². The van der Waals surface area contributed by atoms with Gasteiger partial charge in [-0.2, -0.15) is 0 Å². The lowest BCUT2D eigenvalue weighted by atomic mass is 10.2. The van der Waals surface area contributed by atoms with Crippen LogP contribution >= 0.6 is 27.5 Å². The number of halogens is 2. The molecule has 0 amide bonds. The van der Waals surface area contributed by atoms with Gasteiger partial charge in [0.25, 0.3) is 0 Å². The van der Waals surface area contributed by atoms with E-state index in [0.717, 1.165) is 27.1 Å². The summed E-state index contributed by atoms with van der Waals surface area (Å²) in [6.07, 6.45) is 0. The van der Waals surface area contributed by atoms with E-state index < -0.39 is 0 Å². The van der Waals surface area contributed by atoms with E-state index in [1.807, 2.05) is 39.0 Å². The van der Waals surface area contributed by atoms with Gasteiger partial charge in [-0.15, -0.1) is 0 Å². The van der Waals surface area contributed by atoms with Gasteiger partial charge in [-0.3, -0.25) is 0 Å². The fourth-order valence-corrected chi connectivity index (χ4v) is 1.98. The molecule has 1 heterocycles. The number of nitrogens with zero attached hydrogens (tertiary/aromatic N) is 2. The van der Waals surface area contributed by atoms with Crippen LogP contribution in [0, 0.1) is 20.8 Å². The Kier molecular flexibility index (Phi) is 3.88. The van der Waals surface area contributed by atoms with Crippen LogP contribution < -0.4 is 5.32 Å². The van der Waals surface area contributed by atoms with Crippen molar-refractivity contribution in [1.29, 1.82) is 0 Å². The summed E-state index contributed by atoms with van der Waals surface area (Å²) in [5.41, 5.74) is 3.80. The van der Waals surface area contributed by atoms with Crippen molar-refractivity contribution in [1.82, 2.24) is 9.97 Å². The van der Waals surface area contributed by atoms with Gasteiger partial charge in [0.15, 0.2) is 11.0 Å². The Morgan fingerprint density at radius 2 is 1.78 bits per heavy atom. The monoisotopic (exact) mass is 325 g/mol. The number of aryl methyl sites for hydroxylation is 3. The van der Waals surface area contributed by atoms with Crippen LogP contribution in [0.4, 0.5) is 11.5 Å². The van der Waals surface area contributed by atoms with Crippen LogP contribution in [0.3, 0.4) is 0 Å².